The molecule has 3 N–H and O–H groups in total. The average molecular weight is 238 g/mol. The Morgan fingerprint density at radius 1 is 1.73 bits per heavy atom. The molecule has 0 bridgehead atoms. The normalized spacial score (nSPS) is 12.8. The number of H-pyrrole nitrogens is 1. The molecule has 0 aliphatic heterocycles. The molecule has 1 atom stereocenters. The second-order valence-electron chi connectivity index (χ2n) is 2.54. The first-order chi connectivity index (χ1) is 7.09. The Morgan fingerprint density at radius 3 is 3.00 bits per heavy atom. The highest BCUT2D eigenvalue weighted by molar-refractivity contribution is 5.75. The molecule has 0 spiro atoms. The lowest BCUT2D eigenvalue weighted by Crippen LogP contribution is -2.39. The topological polar surface area (TPSA) is 136 Å². The molecule has 1 aromatic rings. The molecule has 1 heterocycles. The summed E-state index contributed by atoms with van der Waals surface area (Å²) in [5.41, 5.74) is 6.01. The smallest absolute Gasteiger partial charge is 0.348 e. The summed E-state index contributed by atoms with van der Waals surface area (Å²) in [5, 5.41) is 0. The molecular weight excluding hydrogens is 230 g/mol. The molecule has 1 aromatic heterocycles. The van der Waals surface area contributed by atoms with Crippen molar-refractivity contribution in [2.45, 2.75) is 12.5 Å². The monoisotopic (exact) mass is 237 g/mol. The van der Waals surface area contributed by atoms with Gasteiger partial charge in [-0.3, -0.25) is 0 Å². The van der Waals surface area contributed by atoms with E-state index in [9.17, 15) is 14.1 Å². The Bertz CT molecular complexity index is 304. The highest BCUT2D eigenvalue weighted by Crippen LogP contribution is 1.98. The van der Waals surface area contributed by atoms with E-state index in [4.69, 9.17) is 5.73 Å². The minimum absolute atomic E-state index is 0.142. The number of nitrogens with zero attached hydrogens (tertiary/aromatic N) is 1. The summed E-state index contributed by atoms with van der Waals surface area (Å²) in [6.07, 6.45) is 3.05. The number of nitrogens with two attached hydrogens (primary N) is 1. The number of halogens is 1. The van der Waals surface area contributed by atoms with Crippen molar-refractivity contribution in [3.05, 3.63) is 18.2 Å². The van der Waals surface area contributed by atoms with Gasteiger partial charge in [0.1, 0.15) is 6.04 Å². The van der Waals surface area contributed by atoms with Crippen LogP contribution >= 0.6 is 0 Å². The number of aromatic amines is 1. The van der Waals surface area contributed by atoms with E-state index in [1.165, 1.54) is 12.5 Å². The van der Waals surface area contributed by atoms with Gasteiger partial charge in [0.05, 0.1) is 6.33 Å². The van der Waals surface area contributed by atoms with Crippen molar-refractivity contribution in [1.82, 2.24) is 9.97 Å². The van der Waals surface area contributed by atoms with Crippen LogP contribution in [0.25, 0.3) is 0 Å². The minimum Gasteiger partial charge on any atom is -0.348 e. The van der Waals surface area contributed by atoms with Crippen molar-refractivity contribution < 1.29 is 34.2 Å². The number of aromatic nitrogens is 2. The lowest BCUT2D eigenvalue weighted by molar-refractivity contribution is -1.64. The van der Waals surface area contributed by atoms with E-state index in [0.29, 0.717) is 5.69 Å². The van der Waals surface area contributed by atoms with Gasteiger partial charge in [0.2, 0.25) is 0 Å². The molecule has 1 rings (SSSR count). The van der Waals surface area contributed by atoms with Crippen molar-refractivity contribution in [3.8, 4) is 0 Å². The first kappa shape index (κ1) is 11.9. The third kappa shape index (κ3) is 4.23. The number of rotatable bonds is 5. The molecular formula is C6H8ClN3O5. The predicted molar refractivity (Wildman–Crippen MR) is 37.4 cm³/mol. The number of imidazole rings is 1. The van der Waals surface area contributed by atoms with E-state index in [2.05, 4.69) is 19.3 Å². The molecule has 15 heavy (non-hydrogen) atoms. The van der Waals surface area contributed by atoms with Crippen LogP contribution in [0.1, 0.15) is 5.69 Å². The summed E-state index contributed by atoms with van der Waals surface area (Å²) in [6, 6.07) is -1.03. The van der Waals surface area contributed by atoms with Gasteiger partial charge in [-0.25, -0.2) is 14.7 Å². The quantitative estimate of drug-likeness (QED) is 0.407. The summed E-state index contributed by atoms with van der Waals surface area (Å²) < 4.78 is 23.3. The van der Waals surface area contributed by atoms with E-state index in [0.717, 1.165) is 0 Å². The summed E-state index contributed by atoms with van der Waals surface area (Å²) >= 11 is 0. The van der Waals surface area contributed by atoms with Crippen LogP contribution in [0.5, 0.6) is 0 Å². The van der Waals surface area contributed by atoms with Gasteiger partial charge in [0.25, 0.3) is 4.44 Å². The van der Waals surface area contributed by atoms with E-state index in [1.54, 1.807) is 0 Å². The maximum atomic E-state index is 11.0. The first-order valence-corrected chi connectivity index (χ1v) is 4.69. The van der Waals surface area contributed by atoms with Crippen LogP contribution in [0.2, 0.25) is 0 Å². The molecule has 0 amide bonds. The van der Waals surface area contributed by atoms with E-state index < -0.39 is 22.8 Å². The number of hydrogen-bond acceptors (Lipinski definition) is 7. The van der Waals surface area contributed by atoms with Crippen LogP contribution in [0, 0.1) is 10.8 Å². The molecule has 0 fully saturated rings. The molecule has 84 valence electrons. The fourth-order valence-electron chi connectivity index (χ4n) is 0.835. The maximum absolute atomic E-state index is 11.0. The van der Waals surface area contributed by atoms with Crippen LogP contribution < -0.4 is 15.1 Å². The number of hydrogen-bond donors (Lipinski definition) is 2. The molecule has 0 aromatic carbocycles. The Kier molecular flexibility index (Phi) is 4.46. The number of carbonyl (C=O) groups is 1. The molecule has 0 saturated carbocycles. The van der Waals surface area contributed by atoms with E-state index in [1.807, 2.05) is 0 Å². The minimum atomic E-state index is -2.59. The van der Waals surface area contributed by atoms with Crippen molar-refractivity contribution in [1.29, 1.82) is 0 Å². The Hall–Kier alpha value is -1.19. The standard InChI is InChI=1S/C6H8ClN3O5/c8-5(1-4-2-9-3-10-4)6(11)14-15-7(12)13/h2-3,5H,1,8H2,(H,9,10). The third-order valence-corrected chi connectivity index (χ3v) is 1.63. The van der Waals surface area contributed by atoms with Crippen LogP contribution in [0.3, 0.4) is 0 Å². The number of carbonyl (C=O) groups excluding carboxylic acids is 1. The largest absolute Gasteiger partial charge is 0.369 e. The summed E-state index contributed by atoms with van der Waals surface area (Å²) in [5.74, 6) is -0.987. The van der Waals surface area contributed by atoms with Gasteiger partial charge in [-0.05, 0) is 0 Å². The maximum Gasteiger partial charge on any atom is 0.369 e. The summed E-state index contributed by atoms with van der Waals surface area (Å²) in [6.45, 7) is 0. The van der Waals surface area contributed by atoms with Crippen LogP contribution in [-0.4, -0.2) is 22.0 Å². The van der Waals surface area contributed by atoms with Gasteiger partial charge in [0.15, 0.2) is 0 Å². The zero-order valence-electron chi connectivity index (χ0n) is 7.38. The summed E-state index contributed by atoms with van der Waals surface area (Å²) in [4.78, 5) is 21.3. The van der Waals surface area contributed by atoms with Crippen LogP contribution in [0.4, 0.5) is 0 Å². The van der Waals surface area contributed by atoms with Crippen molar-refractivity contribution in [2.24, 2.45) is 5.73 Å². The van der Waals surface area contributed by atoms with Crippen molar-refractivity contribution in [3.63, 3.8) is 0 Å². The van der Waals surface area contributed by atoms with E-state index in [-0.39, 0.29) is 6.42 Å². The molecule has 0 radical (unpaired) electrons. The molecule has 0 aliphatic rings. The second-order valence-corrected chi connectivity index (χ2v) is 3.05. The molecule has 1 unspecified atom stereocenters. The highest BCUT2D eigenvalue weighted by atomic mass is 35.6. The van der Waals surface area contributed by atoms with Crippen molar-refractivity contribution in [2.75, 3.05) is 0 Å². The van der Waals surface area contributed by atoms with Crippen molar-refractivity contribution >= 4 is 5.97 Å². The second kappa shape index (κ2) is 5.63. The van der Waals surface area contributed by atoms with E-state index >= 15 is 0 Å². The fourth-order valence-corrected chi connectivity index (χ4v) is 0.949. The molecule has 8 nitrogen and oxygen atoms in total. The third-order valence-electron chi connectivity index (χ3n) is 1.46. The SMILES string of the molecule is NC(Cc1cnc[nH]1)C(=O)OO[Cl+2]([O-])[O-]. The highest BCUT2D eigenvalue weighted by Gasteiger charge is 2.22. The molecule has 9 heteroatoms. The zero-order valence-corrected chi connectivity index (χ0v) is 8.14. The zero-order chi connectivity index (χ0) is 11.3. The Morgan fingerprint density at radius 2 is 2.47 bits per heavy atom. The van der Waals surface area contributed by atoms with Gasteiger partial charge in [-0.2, -0.15) is 0 Å². The van der Waals surface area contributed by atoms with Gasteiger partial charge in [-0.15, -0.1) is 0 Å². The Labute approximate surface area is 87.3 Å². The summed E-state index contributed by atoms with van der Waals surface area (Å²) in [7, 11) is -2.59. The molecule has 0 aliphatic carbocycles. The lowest BCUT2D eigenvalue weighted by atomic mass is 10.2. The Balaban J connectivity index is 2.33. The van der Waals surface area contributed by atoms with Gasteiger partial charge in [-0.1, -0.05) is 0 Å². The number of nitrogens with one attached hydrogen (secondary N) is 1. The van der Waals surface area contributed by atoms with Gasteiger partial charge in [0, 0.05) is 18.3 Å². The van der Waals surface area contributed by atoms with Gasteiger partial charge >= 0.3 is 16.8 Å². The predicted octanol–water partition coefficient (Wildman–Crippen LogP) is -3.16. The lowest BCUT2D eigenvalue weighted by Gasteiger charge is -2.04. The fraction of sp³-hybridized carbons (Fsp3) is 0.333. The van der Waals surface area contributed by atoms with Crippen LogP contribution in [0.15, 0.2) is 12.5 Å². The van der Waals surface area contributed by atoms with Gasteiger partial charge < -0.3 is 20.0 Å². The van der Waals surface area contributed by atoms with Crippen LogP contribution in [-0.2, 0) is 20.5 Å². The first-order valence-electron chi connectivity index (χ1n) is 3.77. The average Bonchev–Trinajstić information content (AvgIpc) is 2.66. The molecule has 0 saturated heterocycles.